The largest absolute Gasteiger partial charge is 0.356 e. The van der Waals surface area contributed by atoms with Crippen molar-refractivity contribution in [3.05, 3.63) is 0 Å². The summed E-state index contributed by atoms with van der Waals surface area (Å²) >= 11 is 0. The zero-order valence-electron chi connectivity index (χ0n) is 8.99. The minimum Gasteiger partial charge on any atom is -0.356 e. The minimum absolute atomic E-state index is 0. The van der Waals surface area contributed by atoms with Gasteiger partial charge in [-0.15, -0.1) is 24.8 Å². The number of hydrogen-bond acceptors (Lipinski definition) is 2. The molecule has 1 unspecified atom stereocenters. The number of fused-ring (bicyclic) bond motifs is 2. The predicted molar refractivity (Wildman–Crippen MR) is 65.8 cm³/mol. The number of carbonyl (C=O) groups is 1. The minimum atomic E-state index is 0. The smallest absolute Gasteiger partial charge is 0.216 e. The molecule has 2 fully saturated rings. The van der Waals surface area contributed by atoms with Gasteiger partial charge in [0, 0.05) is 25.6 Å². The van der Waals surface area contributed by atoms with Gasteiger partial charge in [0.2, 0.25) is 5.91 Å². The molecule has 2 bridgehead atoms. The molecule has 0 radical (unpaired) electrons. The number of carbonyl (C=O) groups excluding carboxylic acids is 1. The summed E-state index contributed by atoms with van der Waals surface area (Å²) in [5.74, 6) is 0.813. The molecule has 0 aromatic heterocycles. The SMILES string of the molecule is CC(=O)NCC1C[C@H]2CC[C@@H](C1)N2.Cl.Cl. The van der Waals surface area contributed by atoms with Crippen LogP contribution >= 0.6 is 24.8 Å². The highest BCUT2D eigenvalue weighted by atomic mass is 35.5. The number of amides is 1. The first-order valence-corrected chi connectivity index (χ1v) is 5.24. The maximum atomic E-state index is 10.7. The van der Waals surface area contributed by atoms with Gasteiger partial charge in [-0.2, -0.15) is 0 Å². The van der Waals surface area contributed by atoms with Crippen molar-refractivity contribution in [1.29, 1.82) is 0 Å². The molecule has 3 atom stereocenters. The van der Waals surface area contributed by atoms with E-state index in [1.54, 1.807) is 6.92 Å². The van der Waals surface area contributed by atoms with Crippen molar-refractivity contribution >= 4 is 30.7 Å². The Morgan fingerprint density at radius 1 is 1.27 bits per heavy atom. The first-order chi connectivity index (χ1) is 6.24. The molecule has 5 heteroatoms. The maximum Gasteiger partial charge on any atom is 0.216 e. The number of rotatable bonds is 2. The summed E-state index contributed by atoms with van der Waals surface area (Å²) < 4.78 is 0. The number of piperidine rings is 1. The molecule has 90 valence electrons. The summed E-state index contributed by atoms with van der Waals surface area (Å²) in [5.41, 5.74) is 0. The molecule has 1 amide bonds. The molecule has 0 aromatic carbocycles. The Morgan fingerprint density at radius 3 is 2.27 bits per heavy atom. The summed E-state index contributed by atoms with van der Waals surface area (Å²) in [6.45, 7) is 2.47. The van der Waals surface area contributed by atoms with Gasteiger partial charge in [0.1, 0.15) is 0 Å². The van der Waals surface area contributed by atoms with Crippen LogP contribution in [0.1, 0.15) is 32.6 Å². The van der Waals surface area contributed by atoms with E-state index in [0.29, 0.717) is 5.92 Å². The molecule has 2 saturated heterocycles. The zero-order chi connectivity index (χ0) is 9.26. The zero-order valence-corrected chi connectivity index (χ0v) is 10.6. The Hall–Kier alpha value is 0.01000. The Labute approximate surface area is 104 Å². The highest BCUT2D eigenvalue weighted by Crippen LogP contribution is 2.30. The average Bonchev–Trinajstić information content (AvgIpc) is 2.42. The van der Waals surface area contributed by atoms with Gasteiger partial charge in [0.05, 0.1) is 0 Å². The molecule has 2 rings (SSSR count). The van der Waals surface area contributed by atoms with Gasteiger partial charge in [-0.1, -0.05) is 0 Å². The molecule has 0 aliphatic carbocycles. The molecule has 2 aliphatic rings. The van der Waals surface area contributed by atoms with Crippen LogP contribution in [0, 0.1) is 5.92 Å². The molecule has 3 nitrogen and oxygen atoms in total. The lowest BCUT2D eigenvalue weighted by molar-refractivity contribution is -0.119. The van der Waals surface area contributed by atoms with E-state index in [4.69, 9.17) is 0 Å². The second kappa shape index (κ2) is 6.56. The van der Waals surface area contributed by atoms with Crippen molar-refractivity contribution in [2.75, 3.05) is 6.54 Å². The molecule has 0 saturated carbocycles. The quantitative estimate of drug-likeness (QED) is 0.785. The van der Waals surface area contributed by atoms with Gasteiger partial charge in [-0.3, -0.25) is 4.79 Å². The van der Waals surface area contributed by atoms with E-state index < -0.39 is 0 Å². The fraction of sp³-hybridized carbons (Fsp3) is 0.900. The van der Waals surface area contributed by atoms with Gasteiger partial charge in [0.15, 0.2) is 0 Å². The standard InChI is InChI=1S/C10H18N2O.2ClH/c1-7(13)11-6-8-4-9-2-3-10(5-8)12-9;;/h8-10,12H,2-6H2,1H3,(H,11,13);2*1H/t8?,9-,10+;;. The molecule has 0 spiro atoms. The summed E-state index contributed by atoms with van der Waals surface area (Å²) in [4.78, 5) is 10.7. The highest BCUT2D eigenvalue weighted by molar-refractivity contribution is 5.85. The van der Waals surface area contributed by atoms with Crippen LogP contribution in [0.5, 0.6) is 0 Å². The van der Waals surface area contributed by atoms with Gasteiger partial charge in [-0.25, -0.2) is 0 Å². The number of halogens is 2. The summed E-state index contributed by atoms with van der Waals surface area (Å²) in [7, 11) is 0. The molecule has 0 aromatic rings. The second-order valence-electron chi connectivity index (χ2n) is 4.41. The second-order valence-corrected chi connectivity index (χ2v) is 4.41. The van der Waals surface area contributed by atoms with Gasteiger partial charge in [-0.05, 0) is 31.6 Å². The highest BCUT2D eigenvalue weighted by Gasteiger charge is 2.33. The van der Waals surface area contributed by atoms with E-state index in [0.717, 1.165) is 18.6 Å². The van der Waals surface area contributed by atoms with E-state index in [1.807, 2.05) is 0 Å². The van der Waals surface area contributed by atoms with E-state index >= 15 is 0 Å². The molecule has 15 heavy (non-hydrogen) atoms. The Morgan fingerprint density at radius 2 is 1.80 bits per heavy atom. The molecular weight excluding hydrogens is 235 g/mol. The van der Waals surface area contributed by atoms with E-state index in [2.05, 4.69) is 10.6 Å². The van der Waals surface area contributed by atoms with Gasteiger partial charge < -0.3 is 10.6 Å². The molecule has 2 N–H and O–H groups in total. The van der Waals surface area contributed by atoms with Crippen LogP contribution in [0.25, 0.3) is 0 Å². The van der Waals surface area contributed by atoms with Gasteiger partial charge in [0.25, 0.3) is 0 Å². The van der Waals surface area contributed by atoms with Crippen molar-refractivity contribution in [3.8, 4) is 0 Å². The van der Waals surface area contributed by atoms with E-state index in [-0.39, 0.29) is 30.7 Å². The van der Waals surface area contributed by atoms with Crippen LogP contribution in [-0.4, -0.2) is 24.5 Å². The molecule has 2 aliphatic heterocycles. The Balaban J connectivity index is 0.000000980. The van der Waals surface area contributed by atoms with Crippen LogP contribution in [-0.2, 0) is 4.79 Å². The van der Waals surface area contributed by atoms with Crippen LogP contribution < -0.4 is 10.6 Å². The van der Waals surface area contributed by atoms with E-state index in [1.165, 1.54) is 25.7 Å². The topological polar surface area (TPSA) is 41.1 Å². The van der Waals surface area contributed by atoms with E-state index in [9.17, 15) is 4.79 Å². The first-order valence-electron chi connectivity index (χ1n) is 5.24. The first kappa shape index (κ1) is 15.0. The van der Waals surface area contributed by atoms with Crippen molar-refractivity contribution in [1.82, 2.24) is 10.6 Å². The third-order valence-electron chi connectivity index (χ3n) is 3.21. The molecular formula is C10H20Cl2N2O. The third kappa shape index (κ3) is 4.17. The fourth-order valence-electron chi connectivity index (χ4n) is 2.63. The summed E-state index contributed by atoms with van der Waals surface area (Å²) in [5, 5.41) is 6.51. The van der Waals surface area contributed by atoms with Crippen LogP contribution in [0.4, 0.5) is 0 Å². The van der Waals surface area contributed by atoms with Crippen molar-refractivity contribution in [2.24, 2.45) is 5.92 Å². The monoisotopic (exact) mass is 254 g/mol. The average molecular weight is 255 g/mol. The van der Waals surface area contributed by atoms with Crippen LogP contribution in [0.15, 0.2) is 0 Å². The van der Waals surface area contributed by atoms with Crippen molar-refractivity contribution in [3.63, 3.8) is 0 Å². The van der Waals surface area contributed by atoms with Crippen molar-refractivity contribution in [2.45, 2.75) is 44.7 Å². The summed E-state index contributed by atoms with van der Waals surface area (Å²) in [6, 6.07) is 1.47. The normalized spacial score (nSPS) is 32.5. The lowest BCUT2D eigenvalue weighted by atomic mass is 9.92. The van der Waals surface area contributed by atoms with Crippen molar-refractivity contribution < 1.29 is 4.79 Å². The van der Waals surface area contributed by atoms with Crippen LogP contribution in [0.2, 0.25) is 0 Å². The lowest BCUT2D eigenvalue weighted by Gasteiger charge is -2.28. The van der Waals surface area contributed by atoms with Gasteiger partial charge >= 0.3 is 0 Å². The Kier molecular flexibility index (Phi) is 6.57. The lowest BCUT2D eigenvalue weighted by Crippen LogP contribution is -2.41. The van der Waals surface area contributed by atoms with Crippen LogP contribution in [0.3, 0.4) is 0 Å². The Bertz CT molecular complexity index is 202. The number of hydrogen-bond donors (Lipinski definition) is 2. The number of nitrogens with one attached hydrogen (secondary N) is 2. The molecule has 2 heterocycles. The predicted octanol–water partition coefficient (Wildman–Crippen LogP) is 1.50. The third-order valence-corrected chi connectivity index (χ3v) is 3.21. The maximum absolute atomic E-state index is 10.7. The fourth-order valence-corrected chi connectivity index (χ4v) is 2.63. The summed E-state index contributed by atoms with van der Waals surface area (Å²) in [6.07, 6.45) is 5.16.